The molecule has 0 amide bonds. The number of aliphatic hydroxyl groups is 1. The zero-order valence-electron chi connectivity index (χ0n) is 10.9. The largest absolute Gasteiger partial charge is 0.392 e. The lowest BCUT2D eigenvalue weighted by Crippen LogP contribution is -2.30. The van der Waals surface area contributed by atoms with Crippen molar-refractivity contribution >= 4 is 21.8 Å². The molecule has 0 aromatic heterocycles. The van der Waals surface area contributed by atoms with Crippen LogP contribution in [0.25, 0.3) is 0 Å². The molecule has 0 spiro atoms. The van der Waals surface area contributed by atoms with Gasteiger partial charge >= 0.3 is 0 Å². The molecule has 0 aliphatic heterocycles. The predicted octanol–water partition coefficient (Wildman–Crippen LogP) is 1.60. The summed E-state index contributed by atoms with van der Waals surface area (Å²) < 4.78 is 39.8. The van der Waals surface area contributed by atoms with Crippen LogP contribution in [0.1, 0.15) is 12.5 Å². The lowest BCUT2D eigenvalue weighted by Gasteiger charge is -2.13. The minimum absolute atomic E-state index is 0.177. The van der Waals surface area contributed by atoms with Gasteiger partial charge in [-0.3, -0.25) is 0 Å². The Hall–Kier alpha value is -0.630. The van der Waals surface area contributed by atoms with Crippen molar-refractivity contribution in [2.45, 2.75) is 18.4 Å². The summed E-state index contributed by atoms with van der Waals surface area (Å²) in [5, 5.41) is 9.12. The molecule has 0 saturated heterocycles. The zero-order valence-corrected chi connectivity index (χ0v) is 12.5. The molecular weight excluding hydrogens is 289 g/mol. The summed E-state index contributed by atoms with van der Waals surface area (Å²) in [5.74, 6) is 0.365. The molecule has 0 radical (unpaired) electrons. The van der Waals surface area contributed by atoms with Gasteiger partial charge in [-0.15, -0.1) is 0 Å². The van der Waals surface area contributed by atoms with Crippen molar-refractivity contribution in [2.75, 3.05) is 18.6 Å². The lowest BCUT2D eigenvalue weighted by atomic mass is 10.2. The number of benzene rings is 1. The molecule has 19 heavy (non-hydrogen) atoms. The van der Waals surface area contributed by atoms with E-state index in [0.29, 0.717) is 0 Å². The number of thioether (sulfide) groups is 1. The van der Waals surface area contributed by atoms with E-state index in [9.17, 15) is 12.8 Å². The molecule has 2 N–H and O–H groups in total. The zero-order chi connectivity index (χ0) is 14.5. The average Bonchev–Trinajstić information content (AvgIpc) is 2.37. The summed E-state index contributed by atoms with van der Waals surface area (Å²) in [6, 6.07) is 3.32. The summed E-state index contributed by atoms with van der Waals surface area (Å²) >= 11 is 1.63. The van der Waals surface area contributed by atoms with Crippen molar-refractivity contribution in [3.05, 3.63) is 29.6 Å². The fraction of sp³-hybridized carbons (Fsp3) is 0.500. The highest BCUT2D eigenvalue weighted by atomic mass is 32.2. The highest BCUT2D eigenvalue weighted by Gasteiger charge is 2.19. The molecule has 0 fully saturated rings. The van der Waals surface area contributed by atoms with Crippen LogP contribution in [-0.2, 0) is 16.6 Å². The van der Waals surface area contributed by atoms with Gasteiger partial charge in [-0.25, -0.2) is 17.5 Å². The Morgan fingerprint density at radius 3 is 2.74 bits per heavy atom. The first-order valence-electron chi connectivity index (χ1n) is 5.78. The first-order chi connectivity index (χ1) is 8.90. The Morgan fingerprint density at radius 2 is 2.16 bits per heavy atom. The normalized spacial score (nSPS) is 13.5. The van der Waals surface area contributed by atoms with Crippen LogP contribution in [0.15, 0.2) is 23.1 Å². The fourth-order valence-corrected chi connectivity index (χ4v) is 3.67. The highest BCUT2D eigenvalue weighted by molar-refractivity contribution is 7.98. The second-order valence-electron chi connectivity index (χ2n) is 4.32. The number of hydrogen-bond donors (Lipinski definition) is 2. The molecule has 1 unspecified atom stereocenters. The molecule has 1 rings (SSSR count). The van der Waals surface area contributed by atoms with Crippen LogP contribution in [-0.4, -0.2) is 32.1 Å². The van der Waals surface area contributed by atoms with Gasteiger partial charge in [0.25, 0.3) is 0 Å². The van der Waals surface area contributed by atoms with E-state index in [-0.39, 0.29) is 22.9 Å². The molecular formula is C12H18FNO3S2. The average molecular weight is 307 g/mol. The van der Waals surface area contributed by atoms with E-state index in [4.69, 9.17) is 5.11 Å². The summed E-state index contributed by atoms with van der Waals surface area (Å²) in [6.07, 6.45) is 1.95. The maximum Gasteiger partial charge on any atom is 0.241 e. The van der Waals surface area contributed by atoms with Crippen LogP contribution in [0.2, 0.25) is 0 Å². The van der Waals surface area contributed by atoms with Crippen LogP contribution in [0.3, 0.4) is 0 Å². The van der Waals surface area contributed by atoms with Crippen molar-refractivity contribution in [2.24, 2.45) is 5.92 Å². The Kier molecular flexibility index (Phi) is 6.25. The molecule has 4 nitrogen and oxygen atoms in total. The van der Waals surface area contributed by atoms with E-state index < -0.39 is 22.4 Å². The van der Waals surface area contributed by atoms with Crippen molar-refractivity contribution in [3.63, 3.8) is 0 Å². The van der Waals surface area contributed by atoms with Crippen LogP contribution in [0.4, 0.5) is 4.39 Å². The second kappa shape index (κ2) is 7.23. The fourth-order valence-electron chi connectivity index (χ4n) is 1.58. The highest BCUT2D eigenvalue weighted by Crippen LogP contribution is 2.17. The molecule has 1 atom stereocenters. The van der Waals surface area contributed by atoms with E-state index in [2.05, 4.69) is 4.72 Å². The Morgan fingerprint density at radius 1 is 1.47 bits per heavy atom. The molecule has 0 aliphatic carbocycles. The van der Waals surface area contributed by atoms with Gasteiger partial charge in [-0.1, -0.05) is 13.0 Å². The standard InChI is InChI=1S/C12H18FNO3S2/c1-9(8-18-2)6-14-19(16,17)12-5-11(13)4-3-10(12)7-15/h3-5,9,14-15H,6-8H2,1-2H3. The van der Waals surface area contributed by atoms with Crippen LogP contribution >= 0.6 is 11.8 Å². The third-order valence-corrected chi connectivity index (χ3v) is 4.97. The van der Waals surface area contributed by atoms with E-state index in [1.165, 1.54) is 6.07 Å². The van der Waals surface area contributed by atoms with Gasteiger partial charge in [-0.05, 0) is 35.6 Å². The van der Waals surface area contributed by atoms with Gasteiger partial charge in [0.2, 0.25) is 10.0 Å². The number of aliphatic hydroxyl groups excluding tert-OH is 1. The summed E-state index contributed by atoms with van der Waals surface area (Å²) in [5.41, 5.74) is 0.186. The molecule has 1 aromatic carbocycles. The molecule has 7 heteroatoms. The molecule has 0 heterocycles. The summed E-state index contributed by atoms with van der Waals surface area (Å²) in [6.45, 7) is 1.76. The van der Waals surface area contributed by atoms with Crippen molar-refractivity contribution in [3.8, 4) is 0 Å². The topological polar surface area (TPSA) is 66.4 Å². The van der Waals surface area contributed by atoms with Crippen LogP contribution in [0, 0.1) is 11.7 Å². The molecule has 0 bridgehead atoms. The Labute approximate surface area is 117 Å². The maximum absolute atomic E-state index is 13.2. The van der Waals surface area contributed by atoms with Crippen LogP contribution in [0.5, 0.6) is 0 Å². The van der Waals surface area contributed by atoms with E-state index in [0.717, 1.165) is 17.9 Å². The number of halogens is 1. The number of sulfonamides is 1. The summed E-state index contributed by atoms with van der Waals surface area (Å²) in [7, 11) is -3.80. The van der Waals surface area contributed by atoms with E-state index >= 15 is 0 Å². The first-order valence-corrected chi connectivity index (χ1v) is 8.66. The number of nitrogens with one attached hydrogen (secondary N) is 1. The van der Waals surface area contributed by atoms with Gasteiger partial charge < -0.3 is 5.11 Å². The van der Waals surface area contributed by atoms with E-state index in [1.54, 1.807) is 11.8 Å². The SMILES string of the molecule is CSCC(C)CNS(=O)(=O)c1cc(F)ccc1CO. The minimum atomic E-state index is -3.80. The number of hydrogen-bond acceptors (Lipinski definition) is 4. The monoisotopic (exact) mass is 307 g/mol. The van der Waals surface area contributed by atoms with Crippen molar-refractivity contribution in [1.29, 1.82) is 0 Å². The molecule has 0 aliphatic rings. The second-order valence-corrected chi connectivity index (χ2v) is 6.97. The van der Waals surface area contributed by atoms with Gasteiger partial charge in [-0.2, -0.15) is 11.8 Å². The van der Waals surface area contributed by atoms with Gasteiger partial charge in [0.05, 0.1) is 11.5 Å². The van der Waals surface area contributed by atoms with Gasteiger partial charge in [0.15, 0.2) is 0 Å². The first kappa shape index (κ1) is 16.4. The maximum atomic E-state index is 13.2. The Bertz CT molecular complexity index is 520. The lowest BCUT2D eigenvalue weighted by molar-refractivity contribution is 0.278. The van der Waals surface area contributed by atoms with Crippen molar-refractivity contribution < 1.29 is 17.9 Å². The minimum Gasteiger partial charge on any atom is -0.392 e. The third-order valence-electron chi connectivity index (χ3n) is 2.56. The molecule has 1 aromatic rings. The van der Waals surface area contributed by atoms with E-state index in [1.807, 2.05) is 13.2 Å². The number of rotatable bonds is 7. The molecule has 108 valence electrons. The quantitative estimate of drug-likeness (QED) is 0.803. The van der Waals surface area contributed by atoms with Crippen molar-refractivity contribution in [1.82, 2.24) is 4.72 Å². The molecule has 0 saturated carbocycles. The third kappa shape index (κ3) is 4.76. The van der Waals surface area contributed by atoms with Gasteiger partial charge in [0.1, 0.15) is 5.82 Å². The van der Waals surface area contributed by atoms with Gasteiger partial charge in [0, 0.05) is 6.54 Å². The smallest absolute Gasteiger partial charge is 0.241 e. The Balaban J connectivity index is 2.91. The predicted molar refractivity (Wildman–Crippen MR) is 75.1 cm³/mol. The van der Waals surface area contributed by atoms with Crippen LogP contribution < -0.4 is 4.72 Å². The summed E-state index contributed by atoms with van der Waals surface area (Å²) in [4.78, 5) is -0.202.